The molecular formula is C52H33N3S. The Hall–Kier alpha value is -7.14. The van der Waals surface area contributed by atoms with Crippen molar-refractivity contribution < 1.29 is 0 Å². The van der Waals surface area contributed by atoms with Crippen LogP contribution in [0.2, 0.25) is 0 Å². The molecule has 11 rings (SSSR count). The summed E-state index contributed by atoms with van der Waals surface area (Å²) in [5.74, 6) is 0.702. The highest BCUT2D eigenvalue weighted by Crippen LogP contribution is 2.41. The minimum absolute atomic E-state index is 0.702. The Morgan fingerprint density at radius 2 is 0.929 bits per heavy atom. The molecule has 0 N–H and O–H groups in total. The van der Waals surface area contributed by atoms with Crippen LogP contribution in [0, 0.1) is 0 Å². The predicted octanol–water partition coefficient (Wildman–Crippen LogP) is 14.3. The van der Waals surface area contributed by atoms with E-state index in [1.54, 1.807) is 0 Å². The van der Waals surface area contributed by atoms with Crippen LogP contribution >= 0.6 is 11.3 Å². The van der Waals surface area contributed by atoms with Crippen LogP contribution in [-0.2, 0) is 0 Å². The van der Waals surface area contributed by atoms with Gasteiger partial charge in [-0.25, -0.2) is 9.97 Å². The van der Waals surface area contributed by atoms with E-state index >= 15 is 0 Å². The first kappa shape index (κ1) is 32.3. The monoisotopic (exact) mass is 731 g/mol. The molecule has 0 aliphatic rings. The van der Waals surface area contributed by atoms with E-state index in [1.807, 2.05) is 11.3 Å². The number of thiophene rings is 1. The van der Waals surface area contributed by atoms with Gasteiger partial charge in [-0.2, -0.15) is 0 Å². The fourth-order valence-electron chi connectivity index (χ4n) is 8.17. The molecule has 3 heterocycles. The highest BCUT2D eigenvalue weighted by atomic mass is 32.1. The molecular weight excluding hydrogens is 699 g/mol. The van der Waals surface area contributed by atoms with Crippen molar-refractivity contribution in [2.75, 3.05) is 0 Å². The van der Waals surface area contributed by atoms with E-state index in [-0.39, 0.29) is 0 Å². The standard InChI is InChI=1S/C52H33N3S/c1-3-15-34(16-4-1)48-50-49(45-26-7-9-29-46(45)55(50)41-23-5-2-6-24-41)54-52(53-48)40-22-13-20-38(33-40)36-18-11-17-35(31-36)37-19-12-21-39(32-37)42-27-14-28-44-43-25-8-10-30-47(43)56-51(42)44/h1-33H. The molecule has 0 amide bonds. The summed E-state index contributed by atoms with van der Waals surface area (Å²) in [5.41, 5.74) is 14.2. The average Bonchev–Trinajstić information content (AvgIpc) is 3.83. The topological polar surface area (TPSA) is 30.7 Å². The number of aromatic nitrogens is 3. The fraction of sp³-hybridized carbons (Fsp3) is 0. The third-order valence-electron chi connectivity index (χ3n) is 10.8. The van der Waals surface area contributed by atoms with Crippen LogP contribution in [0.1, 0.15) is 0 Å². The molecule has 0 aliphatic carbocycles. The largest absolute Gasteiger partial charge is 0.306 e. The molecule has 0 saturated carbocycles. The van der Waals surface area contributed by atoms with Gasteiger partial charge < -0.3 is 4.57 Å². The van der Waals surface area contributed by atoms with Crippen molar-refractivity contribution in [3.8, 4) is 61.7 Å². The van der Waals surface area contributed by atoms with E-state index in [1.165, 1.54) is 42.4 Å². The molecule has 11 aromatic rings. The molecule has 3 aromatic heterocycles. The summed E-state index contributed by atoms with van der Waals surface area (Å²) in [4.78, 5) is 10.7. The minimum Gasteiger partial charge on any atom is -0.306 e. The van der Waals surface area contributed by atoms with Gasteiger partial charge in [-0.15, -0.1) is 11.3 Å². The second-order valence-corrected chi connectivity index (χ2v) is 15.2. The number of benzene rings is 8. The van der Waals surface area contributed by atoms with Crippen molar-refractivity contribution in [2.45, 2.75) is 0 Å². The van der Waals surface area contributed by atoms with E-state index in [4.69, 9.17) is 9.97 Å². The summed E-state index contributed by atoms with van der Waals surface area (Å²) in [5, 5.41) is 3.74. The predicted molar refractivity (Wildman–Crippen MR) is 236 cm³/mol. The Morgan fingerprint density at radius 1 is 0.393 bits per heavy atom. The second-order valence-electron chi connectivity index (χ2n) is 14.2. The lowest BCUT2D eigenvalue weighted by Gasteiger charge is -2.13. The van der Waals surface area contributed by atoms with Crippen molar-refractivity contribution in [3.05, 3.63) is 200 Å². The molecule has 0 atom stereocenters. The fourth-order valence-corrected chi connectivity index (χ4v) is 9.41. The zero-order valence-corrected chi connectivity index (χ0v) is 31.1. The maximum Gasteiger partial charge on any atom is 0.160 e. The van der Waals surface area contributed by atoms with E-state index in [9.17, 15) is 0 Å². The van der Waals surface area contributed by atoms with Crippen molar-refractivity contribution in [3.63, 3.8) is 0 Å². The average molecular weight is 732 g/mol. The van der Waals surface area contributed by atoms with Crippen LogP contribution in [0.25, 0.3) is 104 Å². The molecule has 56 heavy (non-hydrogen) atoms. The van der Waals surface area contributed by atoms with Gasteiger partial charge in [0.1, 0.15) is 5.52 Å². The number of hydrogen-bond acceptors (Lipinski definition) is 3. The first-order chi connectivity index (χ1) is 27.8. The Balaban J connectivity index is 1.02. The smallest absolute Gasteiger partial charge is 0.160 e. The number of fused-ring (bicyclic) bond motifs is 6. The Morgan fingerprint density at radius 3 is 1.68 bits per heavy atom. The molecule has 0 spiro atoms. The van der Waals surface area contributed by atoms with Crippen LogP contribution in [-0.4, -0.2) is 14.5 Å². The maximum absolute atomic E-state index is 5.37. The van der Waals surface area contributed by atoms with Gasteiger partial charge in [0.15, 0.2) is 5.82 Å². The molecule has 3 nitrogen and oxygen atoms in total. The summed E-state index contributed by atoms with van der Waals surface area (Å²) in [6.45, 7) is 0. The molecule has 0 bridgehead atoms. The van der Waals surface area contributed by atoms with Gasteiger partial charge in [0.05, 0.1) is 16.7 Å². The molecule has 4 heteroatoms. The lowest BCUT2D eigenvalue weighted by Crippen LogP contribution is -1.99. The van der Waals surface area contributed by atoms with Crippen molar-refractivity contribution in [1.29, 1.82) is 0 Å². The Bertz CT molecular complexity index is 3250. The number of para-hydroxylation sites is 2. The van der Waals surface area contributed by atoms with Crippen LogP contribution < -0.4 is 0 Å². The van der Waals surface area contributed by atoms with Crippen LogP contribution in [0.5, 0.6) is 0 Å². The molecule has 262 valence electrons. The first-order valence-electron chi connectivity index (χ1n) is 18.9. The van der Waals surface area contributed by atoms with Gasteiger partial charge in [-0.1, -0.05) is 158 Å². The van der Waals surface area contributed by atoms with Gasteiger partial charge in [-0.3, -0.25) is 0 Å². The third-order valence-corrected chi connectivity index (χ3v) is 12.0. The van der Waals surface area contributed by atoms with E-state index in [2.05, 4.69) is 205 Å². The summed E-state index contributed by atoms with van der Waals surface area (Å²) in [7, 11) is 0. The Kier molecular flexibility index (Phi) is 7.68. The van der Waals surface area contributed by atoms with Crippen LogP contribution in [0.4, 0.5) is 0 Å². The Labute approximate surface area is 328 Å². The van der Waals surface area contributed by atoms with Gasteiger partial charge in [0.25, 0.3) is 0 Å². The molecule has 0 radical (unpaired) electrons. The molecule has 0 aliphatic heterocycles. The summed E-state index contributed by atoms with van der Waals surface area (Å²) in [6.07, 6.45) is 0. The van der Waals surface area contributed by atoms with Crippen molar-refractivity contribution in [2.24, 2.45) is 0 Å². The third kappa shape index (κ3) is 5.42. The SMILES string of the molecule is c1ccc(-c2nc(-c3cccc(-c4cccc(-c5cccc(-c6cccc7c6sc6ccccc67)c5)c4)c3)nc3c4ccccc4n(-c4ccccc4)c23)cc1. The first-order valence-corrected chi connectivity index (χ1v) is 19.7. The molecule has 0 unspecified atom stereocenters. The minimum atomic E-state index is 0.702. The normalized spacial score (nSPS) is 11.6. The second kappa shape index (κ2) is 13.3. The zero-order valence-electron chi connectivity index (χ0n) is 30.3. The number of rotatable bonds is 6. The van der Waals surface area contributed by atoms with Gasteiger partial charge in [0, 0.05) is 42.4 Å². The van der Waals surface area contributed by atoms with E-state index in [0.717, 1.165) is 55.6 Å². The lowest BCUT2D eigenvalue weighted by molar-refractivity contribution is 1.15. The van der Waals surface area contributed by atoms with Gasteiger partial charge >= 0.3 is 0 Å². The quantitative estimate of drug-likeness (QED) is 0.170. The molecule has 0 fully saturated rings. The van der Waals surface area contributed by atoms with Gasteiger partial charge in [-0.05, 0) is 75.8 Å². The zero-order chi connectivity index (χ0) is 37.0. The van der Waals surface area contributed by atoms with Crippen LogP contribution in [0.3, 0.4) is 0 Å². The summed E-state index contributed by atoms with van der Waals surface area (Å²) in [6, 6.07) is 71.3. The van der Waals surface area contributed by atoms with Gasteiger partial charge in [0.2, 0.25) is 0 Å². The van der Waals surface area contributed by atoms with E-state index < -0.39 is 0 Å². The highest BCUT2D eigenvalue weighted by Gasteiger charge is 2.21. The van der Waals surface area contributed by atoms with E-state index in [0.29, 0.717) is 5.82 Å². The van der Waals surface area contributed by atoms with Crippen molar-refractivity contribution in [1.82, 2.24) is 14.5 Å². The highest BCUT2D eigenvalue weighted by molar-refractivity contribution is 7.26. The van der Waals surface area contributed by atoms with Crippen LogP contribution in [0.15, 0.2) is 200 Å². The maximum atomic E-state index is 5.37. The van der Waals surface area contributed by atoms with Crippen molar-refractivity contribution >= 4 is 53.4 Å². The lowest BCUT2D eigenvalue weighted by atomic mass is 9.95. The summed E-state index contributed by atoms with van der Waals surface area (Å²) < 4.78 is 4.95. The summed E-state index contributed by atoms with van der Waals surface area (Å²) >= 11 is 1.87. The number of nitrogens with zero attached hydrogens (tertiary/aromatic N) is 3. The molecule has 8 aromatic carbocycles. The molecule has 0 saturated heterocycles. The number of hydrogen-bond donors (Lipinski definition) is 0.